The van der Waals surface area contributed by atoms with Crippen LogP contribution in [0.5, 0.6) is 5.75 Å². The van der Waals surface area contributed by atoms with E-state index in [0.29, 0.717) is 4.47 Å². The Morgan fingerprint density at radius 2 is 2.26 bits per heavy atom. The largest absolute Gasteiger partial charge is 0.505 e. The van der Waals surface area contributed by atoms with E-state index in [1.807, 2.05) is 0 Å². The molecule has 0 aromatic carbocycles. The minimum atomic E-state index is -0.150. The van der Waals surface area contributed by atoms with Crippen molar-refractivity contribution in [3.63, 3.8) is 0 Å². The molecule has 0 atom stereocenters. The van der Waals surface area contributed by atoms with Crippen LogP contribution in [-0.2, 0) is 11.2 Å². The van der Waals surface area contributed by atoms with Crippen LogP contribution in [0.25, 0.3) is 11.5 Å². The molecule has 0 spiro atoms. The second-order valence-electron chi connectivity index (χ2n) is 4.00. The Bertz CT molecular complexity index is 612. The summed E-state index contributed by atoms with van der Waals surface area (Å²) in [6, 6.07) is 1.48. The SMILES string of the molecule is CN(C)C(=O)Cc1nc(-c2ncc(Br)cc2O)no1. The summed E-state index contributed by atoms with van der Waals surface area (Å²) in [5.74, 6) is 0.105. The van der Waals surface area contributed by atoms with Gasteiger partial charge < -0.3 is 14.5 Å². The Morgan fingerprint density at radius 1 is 1.53 bits per heavy atom. The average Bonchev–Trinajstić information content (AvgIpc) is 2.77. The molecule has 1 amide bonds. The van der Waals surface area contributed by atoms with Crippen molar-refractivity contribution in [1.82, 2.24) is 20.0 Å². The monoisotopic (exact) mass is 326 g/mol. The summed E-state index contributed by atoms with van der Waals surface area (Å²) in [4.78, 5) is 21.0. The van der Waals surface area contributed by atoms with Gasteiger partial charge in [-0.3, -0.25) is 4.79 Å². The van der Waals surface area contributed by atoms with E-state index in [1.165, 1.54) is 17.2 Å². The number of aromatic nitrogens is 3. The van der Waals surface area contributed by atoms with Crippen LogP contribution in [0.4, 0.5) is 0 Å². The molecular weight excluding hydrogens is 316 g/mol. The number of hydrogen-bond acceptors (Lipinski definition) is 6. The van der Waals surface area contributed by atoms with Crippen molar-refractivity contribution < 1.29 is 14.4 Å². The van der Waals surface area contributed by atoms with Crippen molar-refractivity contribution in [3.05, 3.63) is 22.6 Å². The average molecular weight is 327 g/mol. The second kappa shape index (κ2) is 5.35. The van der Waals surface area contributed by atoms with Gasteiger partial charge in [-0.2, -0.15) is 4.98 Å². The molecule has 2 heterocycles. The predicted octanol–water partition coefficient (Wildman–Crippen LogP) is 1.23. The van der Waals surface area contributed by atoms with E-state index in [1.54, 1.807) is 14.1 Å². The molecule has 0 saturated heterocycles. The first-order chi connectivity index (χ1) is 8.97. The Balaban J connectivity index is 2.23. The standard InChI is InChI=1S/C11H11BrN4O3/c1-16(2)9(18)4-8-14-11(15-19-8)10-7(17)3-6(12)5-13-10/h3,5,17H,4H2,1-2H3. The molecule has 0 saturated carbocycles. The molecule has 100 valence electrons. The van der Waals surface area contributed by atoms with Gasteiger partial charge in [0.25, 0.3) is 0 Å². The molecule has 1 N–H and O–H groups in total. The summed E-state index contributed by atoms with van der Waals surface area (Å²) in [5.41, 5.74) is 0.204. The maximum Gasteiger partial charge on any atom is 0.236 e. The topological polar surface area (TPSA) is 92.4 Å². The van der Waals surface area contributed by atoms with Gasteiger partial charge in [-0.15, -0.1) is 0 Å². The molecule has 0 radical (unpaired) electrons. The molecule has 7 nitrogen and oxygen atoms in total. The van der Waals surface area contributed by atoms with Gasteiger partial charge >= 0.3 is 0 Å². The lowest BCUT2D eigenvalue weighted by molar-refractivity contribution is -0.128. The van der Waals surface area contributed by atoms with Crippen LogP contribution < -0.4 is 0 Å². The molecule has 0 fully saturated rings. The molecule has 8 heteroatoms. The van der Waals surface area contributed by atoms with Crippen molar-refractivity contribution in [3.8, 4) is 17.3 Å². The Hall–Kier alpha value is -1.96. The van der Waals surface area contributed by atoms with Crippen molar-refractivity contribution in [2.75, 3.05) is 14.1 Å². The van der Waals surface area contributed by atoms with Crippen LogP contribution in [0.15, 0.2) is 21.3 Å². The lowest BCUT2D eigenvalue weighted by atomic mass is 10.3. The van der Waals surface area contributed by atoms with E-state index in [2.05, 4.69) is 31.1 Å². The van der Waals surface area contributed by atoms with Crippen LogP contribution in [0.1, 0.15) is 5.89 Å². The number of nitrogens with zero attached hydrogens (tertiary/aromatic N) is 4. The first kappa shape index (κ1) is 13.5. The lowest BCUT2D eigenvalue weighted by Crippen LogP contribution is -2.23. The number of rotatable bonds is 3. The molecule has 0 unspecified atom stereocenters. The third kappa shape index (κ3) is 3.08. The number of carbonyl (C=O) groups is 1. The van der Waals surface area contributed by atoms with Crippen molar-refractivity contribution in [2.45, 2.75) is 6.42 Å². The zero-order valence-electron chi connectivity index (χ0n) is 10.3. The molecule has 0 bridgehead atoms. The van der Waals surface area contributed by atoms with Crippen LogP contribution in [0.2, 0.25) is 0 Å². The highest BCUT2D eigenvalue weighted by atomic mass is 79.9. The molecule has 19 heavy (non-hydrogen) atoms. The summed E-state index contributed by atoms with van der Waals surface area (Å²) in [7, 11) is 3.28. The van der Waals surface area contributed by atoms with Gasteiger partial charge in [0.05, 0.1) is 0 Å². The maximum atomic E-state index is 11.5. The lowest BCUT2D eigenvalue weighted by Gasteiger charge is -2.06. The number of aromatic hydroxyl groups is 1. The predicted molar refractivity (Wildman–Crippen MR) is 69.3 cm³/mol. The van der Waals surface area contributed by atoms with Gasteiger partial charge in [-0.1, -0.05) is 5.16 Å². The fraction of sp³-hybridized carbons (Fsp3) is 0.273. The first-order valence-electron chi connectivity index (χ1n) is 5.35. The minimum absolute atomic E-state index is 0.0112. The quantitative estimate of drug-likeness (QED) is 0.911. The Kier molecular flexibility index (Phi) is 3.79. The van der Waals surface area contributed by atoms with Crippen molar-refractivity contribution >= 4 is 21.8 Å². The summed E-state index contributed by atoms with van der Waals surface area (Å²) in [5, 5.41) is 13.4. The smallest absolute Gasteiger partial charge is 0.236 e. The number of halogens is 1. The van der Waals surface area contributed by atoms with Gasteiger partial charge in [-0.05, 0) is 22.0 Å². The zero-order chi connectivity index (χ0) is 14.0. The highest BCUT2D eigenvalue weighted by molar-refractivity contribution is 9.10. The molecule has 0 aliphatic rings. The van der Waals surface area contributed by atoms with Crippen LogP contribution in [0.3, 0.4) is 0 Å². The van der Waals surface area contributed by atoms with E-state index in [9.17, 15) is 9.90 Å². The van der Waals surface area contributed by atoms with E-state index < -0.39 is 0 Å². The van der Waals surface area contributed by atoms with Crippen LogP contribution in [0, 0.1) is 0 Å². The fourth-order valence-corrected chi connectivity index (χ4v) is 1.63. The highest BCUT2D eigenvalue weighted by Crippen LogP contribution is 2.27. The van der Waals surface area contributed by atoms with E-state index in [0.717, 1.165) is 0 Å². The molecular formula is C11H11BrN4O3. The zero-order valence-corrected chi connectivity index (χ0v) is 11.9. The fourth-order valence-electron chi connectivity index (χ4n) is 1.31. The first-order valence-corrected chi connectivity index (χ1v) is 6.14. The Labute approximate surface area is 117 Å². The maximum absolute atomic E-state index is 11.5. The normalized spacial score (nSPS) is 10.5. The summed E-state index contributed by atoms with van der Waals surface area (Å²) >= 11 is 3.19. The highest BCUT2D eigenvalue weighted by Gasteiger charge is 2.16. The summed E-state index contributed by atoms with van der Waals surface area (Å²) in [6.45, 7) is 0. The van der Waals surface area contributed by atoms with Crippen LogP contribution in [-0.4, -0.2) is 45.1 Å². The van der Waals surface area contributed by atoms with E-state index >= 15 is 0 Å². The van der Waals surface area contributed by atoms with Gasteiger partial charge in [0.1, 0.15) is 12.2 Å². The van der Waals surface area contributed by atoms with Crippen molar-refractivity contribution in [2.24, 2.45) is 0 Å². The number of hydrogen-bond donors (Lipinski definition) is 1. The molecule has 2 aromatic heterocycles. The van der Waals surface area contributed by atoms with Gasteiger partial charge in [0, 0.05) is 24.8 Å². The second-order valence-corrected chi connectivity index (χ2v) is 4.91. The molecule has 0 aliphatic carbocycles. The summed E-state index contributed by atoms with van der Waals surface area (Å²) < 4.78 is 5.59. The number of likely N-dealkylation sites (N-methyl/N-ethyl adjacent to an activating group) is 1. The van der Waals surface area contributed by atoms with Gasteiger partial charge in [0.15, 0.2) is 5.69 Å². The Morgan fingerprint density at radius 3 is 2.89 bits per heavy atom. The third-order valence-electron chi connectivity index (χ3n) is 2.32. The van der Waals surface area contributed by atoms with Crippen LogP contribution >= 0.6 is 15.9 Å². The summed E-state index contributed by atoms with van der Waals surface area (Å²) in [6.07, 6.45) is 1.52. The number of pyridine rings is 1. The minimum Gasteiger partial charge on any atom is -0.505 e. The molecule has 0 aliphatic heterocycles. The van der Waals surface area contributed by atoms with E-state index in [4.69, 9.17) is 4.52 Å². The van der Waals surface area contributed by atoms with Crippen molar-refractivity contribution in [1.29, 1.82) is 0 Å². The van der Waals surface area contributed by atoms with Gasteiger partial charge in [-0.25, -0.2) is 4.98 Å². The number of amides is 1. The molecule has 2 aromatic rings. The van der Waals surface area contributed by atoms with Gasteiger partial charge in [0.2, 0.25) is 17.6 Å². The van der Waals surface area contributed by atoms with E-state index in [-0.39, 0.29) is 35.5 Å². The molecule has 2 rings (SSSR count). The number of carbonyl (C=O) groups excluding carboxylic acids is 1. The third-order valence-corrected chi connectivity index (χ3v) is 2.75.